The predicted molar refractivity (Wildman–Crippen MR) is 93.4 cm³/mol. The van der Waals surface area contributed by atoms with Gasteiger partial charge in [0.25, 0.3) is 0 Å². The number of anilines is 1. The van der Waals surface area contributed by atoms with Gasteiger partial charge in [0.1, 0.15) is 6.61 Å². The lowest BCUT2D eigenvalue weighted by molar-refractivity contribution is -0.116. The Hall–Kier alpha value is -2.60. The molecular formula is C18H23N3O3. The van der Waals surface area contributed by atoms with Crippen molar-refractivity contribution in [1.82, 2.24) is 10.3 Å². The molecule has 0 unspecified atom stereocenters. The van der Waals surface area contributed by atoms with Gasteiger partial charge in [-0.3, -0.25) is 9.78 Å². The summed E-state index contributed by atoms with van der Waals surface area (Å²) in [4.78, 5) is 16.0. The number of nitrogens with one attached hydrogen (secondary N) is 2. The smallest absolute Gasteiger partial charge is 0.224 e. The van der Waals surface area contributed by atoms with E-state index in [0.29, 0.717) is 30.2 Å². The summed E-state index contributed by atoms with van der Waals surface area (Å²) in [6.45, 7) is 1.19. The van der Waals surface area contributed by atoms with Crippen molar-refractivity contribution in [2.45, 2.75) is 19.4 Å². The number of hydrogen-bond acceptors (Lipinski definition) is 5. The summed E-state index contributed by atoms with van der Waals surface area (Å²) >= 11 is 0. The molecule has 0 radical (unpaired) electrons. The molecule has 6 nitrogen and oxygen atoms in total. The largest absolute Gasteiger partial charge is 0.493 e. The van der Waals surface area contributed by atoms with Crippen molar-refractivity contribution < 1.29 is 14.3 Å². The normalized spacial score (nSPS) is 10.2. The van der Waals surface area contributed by atoms with Crippen molar-refractivity contribution in [2.24, 2.45) is 0 Å². The Balaban J connectivity index is 2.00. The maximum Gasteiger partial charge on any atom is 0.224 e. The maximum atomic E-state index is 11.9. The minimum absolute atomic E-state index is 0.0198. The van der Waals surface area contributed by atoms with Crippen LogP contribution in [0.5, 0.6) is 11.5 Å². The topological polar surface area (TPSA) is 72.5 Å². The Morgan fingerprint density at radius 1 is 1.25 bits per heavy atom. The number of pyridine rings is 1. The number of ether oxygens (including phenoxy) is 2. The Bertz CT molecular complexity index is 647. The number of amides is 1. The highest BCUT2D eigenvalue weighted by atomic mass is 16.5. The van der Waals surface area contributed by atoms with Crippen LogP contribution in [0.2, 0.25) is 0 Å². The van der Waals surface area contributed by atoms with E-state index >= 15 is 0 Å². The molecule has 1 amide bonds. The average molecular weight is 329 g/mol. The number of carbonyl (C=O) groups excluding carboxylic acids is 1. The highest BCUT2D eigenvalue weighted by Gasteiger charge is 2.09. The molecule has 0 aliphatic carbocycles. The number of benzene rings is 1. The Morgan fingerprint density at radius 2 is 2.12 bits per heavy atom. The van der Waals surface area contributed by atoms with E-state index in [1.165, 1.54) is 0 Å². The van der Waals surface area contributed by atoms with E-state index in [2.05, 4.69) is 15.6 Å². The van der Waals surface area contributed by atoms with Gasteiger partial charge in [0, 0.05) is 36.1 Å². The molecule has 24 heavy (non-hydrogen) atoms. The summed E-state index contributed by atoms with van der Waals surface area (Å²) in [5.74, 6) is 1.18. The predicted octanol–water partition coefficient (Wildman–Crippen LogP) is 2.61. The Morgan fingerprint density at radius 3 is 2.83 bits per heavy atom. The molecule has 0 saturated heterocycles. The minimum atomic E-state index is -0.0198. The van der Waals surface area contributed by atoms with Gasteiger partial charge in [0.15, 0.2) is 11.5 Å². The summed E-state index contributed by atoms with van der Waals surface area (Å²) < 4.78 is 11.1. The quantitative estimate of drug-likeness (QED) is 0.692. The fraction of sp³-hybridized carbons (Fsp3) is 0.333. The van der Waals surface area contributed by atoms with Gasteiger partial charge in [-0.1, -0.05) is 6.07 Å². The first-order valence-corrected chi connectivity index (χ1v) is 7.87. The molecular weight excluding hydrogens is 306 g/mol. The van der Waals surface area contributed by atoms with E-state index in [1.807, 2.05) is 19.2 Å². The van der Waals surface area contributed by atoms with Crippen LogP contribution in [0.15, 0.2) is 42.7 Å². The lowest BCUT2D eigenvalue weighted by Crippen LogP contribution is -2.15. The molecule has 0 fully saturated rings. The van der Waals surface area contributed by atoms with Gasteiger partial charge in [-0.2, -0.15) is 0 Å². The van der Waals surface area contributed by atoms with Crippen LogP contribution >= 0.6 is 0 Å². The SMILES string of the molecule is CNCCCC(=O)Nc1ccc(OC)c(OCc2cccnc2)c1. The van der Waals surface area contributed by atoms with Gasteiger partial charge in [-0.15, -0.1) is 0 Å². The van der Waals surface area contributed by atoms with E-state index in [9.17, 15) is 4.79 Å². The molecule has 0 aliphatic heterocycles. The lowest BCUT2D eigenvalue weighted by atomic mass is 10.2. The molecule has 128 valence electrons. The van der Waals surface area contributed by atoms with Crippen LogP contribution in [0.3, 0.4) is 0 Å². The summed E-state index contributed by atoms with van der Waals surface area (Å²) in [6.07, 6.45) is 4.73. The van der Waals surface area contributed by atoms with E-state index in [4.69, 9.17) is 9.47 Å². The second-order valence-electron chi connectivity index (χ2n) is 5.27. The molecule has 2 aromatic rings. The minimum Gasteiger partial charge on any atom is -0.493 e. The molecule has 2 rings (SSSR count). The Kier molecular flexibility index (Phi) is 7.04. The second-order valence-corrected chi connectivity index (χ2v) is 5.27. The van der Waals surface area contributed by atoms with E-state index in [1.54, 1.807) is 37.7 Å². The van der Waals surface area contributed by atoms with Crippen LogP contribution in [-0.4, -0.2) is 31.6 Å². The van der Waals surface area contributed by atoms with Gasteiger partial charge in [-0.25, -0.2) is 0 Å². The van der Waals surface area contributed by atoms with Crippen molar-refractivity contribution in [3.8, 4) is 11.5 Å². The van der Waals surface area contributed by atoms with E-state index < -0.39 is 0 Å². The van der Waals surface area contributed by atoms with Crippen molar-refractivity contribution in [3.05, 3.63) is 48.3 Å². The van der Waals surface area contributed by atoms with Crippen LogP contribution < -0.4 is 20.1 Å². The van der Waals surface area contributed by atoms with Gasteiger partial charge in [0.2, 0.25) is 5.91 Å². The molecule has 0 atom stereocenters. The zero-order valence-electron chi connectivity index (χ0n) is 14.0. The molecule has 2 N–H and O–H groups in total. The third-order valence-corrected chi connectivity index (χ3v) is 3.40. The molecule has 1 aromatic heterocycles. The van der Waals surface area contributed by atoms with Gasteiger partial charge in [-0.05, 0) is 38.2 Å². The lowest BCUT2D eigenvalue weighted by Gasteiger charge is -2.13. The molecule has 0 saturated carbocycles. The summed E-state index contributed by atoms with van der Waals surface area (Å²) in [6, 6.07) is 9.14. The third-order valence-electron chi connectivity index (χ3n) is 3.40. The monoisotopic (exact) mass is 329 g/mol. The van der Waals surface area contributed by atoms with Crippen molar-refractivity contribution in [3.63, 3.8) is 0 Å². The standard InChI is InChI=1S/C18H23N3O3/c1-19-9-4-6-18(22)21-15-7-8-16(23-2)17(11-15)24-13-14-5-3-10-20-12-14/h3,5,7-8,10-12,19H,4,6,9,13H2,1-2H3,(H,21,22). The maximum absolute atomic E-state index is 11.9. The van der Waals surface area contributed by atoms with Gasteiger partial charge < -0.3 is 20.1 Å². The summed E-state index contributed by atoms with van der Waals surface area (Å²) in [7, 11) is 3.45. The average Bonchev–Trinajstić information content (AvgIpc) is 2.61. The van der Waals surface area contributed by atoms with E-state index in [0.717, 1.165) is 18.5 Å². The highest BCUT2D eigenvalue weighted by molar-refractivity contribution is 5.91. The molecule has 1 heterocycles. The van der Waals surface area contributed by atoms with E-state index in [-0.39, 0.29) is 5.91 Å². The second kappa shape index (κ2) is 9.52. The Labute approximate surface area is 142 Å². The number of aromatic nitrogens is 1. The first-order valence-electron chi connectivity index (χ1n) is 7.87. The molecule has 0 bridgehead atoms. The zero-order chi connectivity index (χ0) is 17.2. The third kappa shape index (κ3) is 5.55. The molecule has 1 aromatic carbocycles. The fourth-order valence-electron chi connectivity index (χ4n) is 2.16. The molecule has 0 aliphatic rings. The number of hydrogen-bond donors (Lipinski definition) is 2. The number of nitrogens with zero attached hydrogens (tertiary/aromatic N) is 1. The highest BCUT2D eigenvalue weighted by Crippen LogP contribution is 2.31. The number of rotatable bonds is 9. The van der Waals surface area contributed by atoms with Crippen molar-refractivity contribution >= 4 is 11.6 Å². The summed E-state index contributed by atoms with van der Waals surface area (Å²) in [5.41, 5.74) is 1.65. The fourth-order valence-corrected chi connectivity index (χ4v) is 2.16. The van der Waals surface area contributed by atoms with Gasteiger partial charge in [0.05, 0.1) is 7.11 Å². The number of carbonyl (C=O) groups is 1. The van der Waals surface area contributed by atoms with Crippen molar-refractivity contribution in [1.29, 1.82) is 0 Å². The van der Waals surface area contributed by atoms with Crippen LogP contribution in [0.4, 0.5) is 5.69 Å². The summed E-state index contributed by atoms with van der Waals surface area (Å²) in [5, 5.41) is 5.90. The zero-order valence-corrected chi connectivity index (χ0v) is 14.0. The molecule has 6 heteroatoms. The number of methoxy groups -OCH3 is 1. The van der Waals surface area contributed by atoms with Crippen LogP contribution in [-0.2, 0) is 11.4 Å². The van der Waals surface area contributed by atoms with Crippen molar-refractivity contribution in [2.75, 3.05) is 26.0 Å². The first-order chi connectivity index (χ1) is 11.7. The van der Waals surface area contributed by atoms with Crippen LogP contribution in [0.25, 0.3) is 0 Å². The molecule has 0 spiro atoms. The van der Waals surface area contributed by atoms with Crippen LogP contribution in [0.1, 0.15) is 18.4 Å². The van der Waals surface area contributed by atoms with Gasteiger partial charge >= 0.3 is 0 Å². The van der Waals surface area contributed by atoms with Crippen LogP contribution in [0, 0.1) is 0 Å². The first kappa shape index (κ1) is 17.7.